The van der Waals surface area contributed by atoms with E-state index < -0.39 is 23.6 Å². The molecule has 0 saturated heterocycles. The summed E-state index contributed by atoms with van der Waals surface area (Å²) in [5.41, 5.74) is -0.154. The topological polar surface area (TPSA) is 71.2 Å². The number of aryl methyl sites for hydroxylation is 1. The first-order chi connectivity index (χ1) is 9.25. The summed E-state index contributed by atoms with van der Waals surface area (Å²) in [6, 6.07) is 6.33. The van der Waals surface area contributed by atoms with Crippen molar-refractivity contribution < 1.29 is 27.8 Å². The van der Waals surface area contributed by atoms with Crippen molar-refractivity contribution in [1.82, 2.24) is 0 Å². The molecule has 0 heterocycles. The van der Waals surface area contributed by atoms with Gasteiger partial charge in [0.15, 0.2) is 0 Å². The summed E-state index contributed by atoms with van der Waals surface area (Å²) in [4.78, 5) is 11.2. The van der Waals surface area contributed by atoms with E-state index in [1.54, 1.807) is 12.1 Å². The van der Waals surface area contributed by atoms with Crippen LogP contribution in [0.5, 0.6) is 0 Å². The minimum Gasteiger partial charge on any atom is -0.502 e. The number of hydrogen-bond acceptors (Lipinski definition) is 5. The fourth-order valence-corrected chi connectivity index (χ4v) is 1.13. The molecule has 5 nitrogen and oxygen atoms in total. The first-order valence-electron chi connectivity index (χ1n) is 5.33. The second kappa shape index (κ2) is 6.18. The predicted octanol–water partition coefficient (Wildman–Crippen LogP) is 3.58. The molecule has 1 aromatic carbocycles. The van der Waals surface area contributed by atoms with Crippen molar-refractivity contribution in [3.8, 4) is 0 Å². The summed E-state index contributed by atoms with van der Waals surface area (Å²) in [6.45, 7) is 1.82. The number of nitrogens with zero attached hydrogens (tertiary/aromatic N) is 2. The van der Waals surface area contributed by atoms with Crippen LogP contribution in [0.25, 0.3) is 0 Å². The molecule has 1 N–H and O–H groups in total. The lowest BCUT2D eigenvalue weighted by molar-refractivity contribution is -0.141. The summed E-state index contributed by atoms with van der Waals surface area (Å²) < 4.78 is 41.2. The number of halogens is 3. The zero-order chi connectivity index (χ0) is 15.3. The minimum absolute atomic E-state index is 0.229. The van der Waals surface area contributed by atoms with Gasteiger partial charge in [0.25, 0.3) is 0 Å². The first kappa shape index (κ1) is 15.7. The van der Waals surface area contributed by atoms with Crippen LogP contribution in [0, 0.1) is 6.92 Å². The average Bonchev–Trinajstić information content (AvgIpc) is 2.39. The van der Waals surface area contributed by atoms with Crippen molar-refractivity contribution in [1.29, 1.82) is 0 Å². The van der Waals surface area contributed by atoms with Crippen molar-refractivity contribution in [3.63, 3.8) is 0 Å². The van der Waals surface area contributed by atoms with Crippen molar-refractivity contribution in [2.45, 2.75) is 13.1 Å². The number of allylic oxidation sites excluding steroid dienone is 1. The van der Waals surface area contributed by atoms with Gasteiger partial charge in [0, 0.05) is 0 Å². The van der Waals surface area contributed by atoms with Gasteiger partial charge in [-0.05, 0) is 19.1 Å². The Balaban J connectivity index is 3.15. The van der Waals surface area contributed by atoms with Crippen LogP contribution in [0.1, 0.15) is 5.56 Å². The summed E-state index contributed by atoms with van der Waals surface area (Å²) in [5, 5.41) is 15.5. The van der Waals surface area contributed by atoms with Gasteiger partial charge in [0.05, 0.1) is 12.8 Å². The van der Waals surface area contributed by atoms with Gasteiger partial charge in [0.2, 0.25) is 11.5 Å². The molecule has 0 amide bonds. The predicted molar refractivity (Wildman–Crippen MR) is 63.4 cm³/mol. The lowest BCUT2D eigenvalue weighted by Crippen LogP contribution is -2.17. The smallest absolute Gasteiger partial charge is 0.451 e. The maximum absolute atomic E-state index is 12.4. The molecule has 0 aliphatic heterocycles. The van der Waals surface area contributed by atoms with Crippen LogP contribution in [-0.2, 0) is 9.53 Å². The normalized spacial score (nSPS) is 13.2. The summed E-state index contributed by atoms with van der Waals surface area (Å²) in [7, 11) is 0.868. The molecule has 0 saturated carbocycles. The van der Waals surface area contributed by atoms with Gasteiger partial charge in [-0.15, -0.1) is 5.11 Å². The van der Waals surface area contributed by atoms with E-state index in [2.05, 4.69) is 15.0 Å². The molecular weight excluding hydrogens is 277 g/mol. The van der Waals surface area contributed by atoms with E-state index in [0.717, 1.165) is 12.7 Å². The monoisotopic (exact) mass is 288 g/mol. The molecule has 0 atom stereocenters. The molecule has 20 heavy (non-hydrogen) atoms. The summed E-state index contributed by atoms with van der Waals surface area (Å²) >= 11 is 0. The van der Waals surface area contributed by atoms with Gasteiger partial charge >= 0.3 is 12.1 Å². The number of carbonyl (C=O) groups excluding carboxylic acids is 1. The number of azo groups is 1. The highest BCUT2D eigenvalue weighted by Crippen LogP contribution is 2.27. The quantitative estimate of drug-likeness (QED) is 0.400. The summed E-state index contributed by atoms with van der Waals surface area (Å²) in [5.74, 6) is -3.59. The number of benzene rings is 1. The molecule has 0 aliphatic rings. The molecule has 1 rings (SSSR count). The fraction of sp³-hybridized carbons (Fsp3) is 0.250. The van der Waals surface area contributed by atoms with Gasteiger partial charge < -0.3 is 9.84 Å². The number of hydrogen-bond donors (Lipinski definition) is 1. The first-order valence-corrected chi connectivity index (χ1v) is 5.33. The molecule has 0 aromatic heterocycles. The number of methoxy groups -OCH3 is 1. The van der Waals surface area contributed by atoms with Gasteiger partial charge in [-0.2, -0.15) is 18.3 Å². The van der Waals surface area contributed by atoms with E-state index in [1.807, 2.05) is 6.92 Å². The Labute approximate surface area is 112 Å². The van der Waals surface area contributed by atoms with Gasteiger partial charge in [-0.25, -0.2) is 4.79 Å². The number of rotatable bonds is 3. The standard InChI is InChI=1S/C12H11F3N2O3/c1-7-3-5-8(6-4-7)16-17-9(11(19)20-2)10(18)12(13,14)15/h3-6,18H,1-2H3/b10-9-,17-16?. The number of aliphatic hydroxyl groups is 1. The third-order valence-corrected chi connectivity index (χ3v) is 2.17. The number of ether oxygens (including phenoxy) is 1. The van der Waals surface area contributed by atoms with E-state index in [9.17, 15) is 18.0 Å². The molecular formula is C12H11F3N2O3. The molecule has 0 fully saturated rings. The van der Waals surface area contributed by atoms with Crippen LogP contribution in [-0.4, -0.2) is 24.4 Å². The highest BCUT2D eigenvalue weighted by atomic mass is 19.4. The van der Waals surface area contributed by atoms with Gasteiger partial charge in [-0.3, -0.25) is 0 Å². The molecule has 8 heteroatoms. The molecule has 0 unspecified atom stereocenters. The van der Waals surface area contributed by atoms with Crippen molar-refractivity contribution >= 4 is 11.7 Å². The van der Waals surface area contributed by atoms with Gasteiger partial charge in [0.1, 0.15) is 0 Å². The highest BCUT2D eigenvalue weighted by molar-refractivity contribution is 5.88. The Morgan fingerprint density at radius 3 is 2.25 bits per heavy atom. The molecule has 0 bridgehead atoms. The largest absolute Gasteiger partial charge is 0.502 e. The third-order valence-electron chi connectivity index (χ3n) is 2.17. The van der Waals surface area contributed by atoms with E-state index in [0.29, 0.717) is 0 Å². The third kappa shape index (κ3) is 4.08. The average molecular weight is 288 g/mol. The second-order valence-electron chi connectivity index (χ2n) is 3.72. The van der Waals surface area contributed by atoms with Crippen LogP contribution < -0.4 is 0 Å². The van der Waals surface area contributed by atoms with Crippen LogP contribution in [0.15, 0.2) is 46.0 Å². The number of aliphatic hydroxyl groups excluding tert-OH is 1. The summed E-state index contributed by atoms with van der Waals surface area (Å²) in [6.07, 6.45) is -5.12. The number of alkyl halides is 3. The molecule has 0 aliphatic carbocycles. The Morgan fingerprint density at radius 2 is 1.80 bits per heavy atom. The number of esters is 1. The van der Waals surface area contributed by atoms with E-state index in [-0.39, 0.29) is 5.69 Å². The Hall–Kier alpha value is -2.38. The van der Waals surface area contributed by atoms with Crippen LogP contribution in [0.3, 0.4) is 0 Å². The van der Waals surface area contributed by atoms with E-state index in [4.69, 9.17) is 5.11 Å². The van der Waals surface area contributed by atoms with Crippen molar-refractivity contribution in [2.24, 2.45) is 10.2 Å². The molecule has 0 radical (unpaired) electrons. The minimum atomic E-state index is -5.12. The zero-order valence-corrected chi connectivity index (χ0v) is 10.6. The zero-order valence-electron chi connectivity index (χ0n) is 10.6. The molecule has 0 spiro atoms. The Bertz CT molecular complexity index is 548. The van der Waals surface area contributed by atoms with Crippen molar-refractivity contribution in [3.05, 3.63) is 41.3 Å². The molecule has 1 aromatic rings. The van der Waals surface area contributed by atoms with Crippen molar-refractivity contribution in [2.75, 3.05) is 7.11 Å². The SMILES string of the molecule is COC(=O)/C(N=Nc1ccc(C)cc1)=C(/O)C(F)(F)F. The highest BCUT2D eigenvalue weighted by Gasteiger charge is 2.39. The fourth-order valence-electron chi connectivity index (χ4n) is 1.13. The Morgan fingerprint density at radius 1 is 1.25 bits per heavy atom. The second-order valence-corrected chi connectivity index (χ2v) is 3.72. The van der Waals surface area contributed by atoms with Crippen LogP contribution in [0.4, 0.5) is 18.9 Å². The molecule has 108 valence electrons. The lowest BCUT2D eigenvalue weighted by atomic mass is 10.2. The number of carbonyl (C=O) groups is 1. The van der Waals surface area contributed by atoms with Crippen LogP contribution >= 0.6 is 0 Å². The maximum atomic E-state index is 12.4. The van der Waals surface area contributed by atoms with E-state index in [1.165, 1.54) is 12.1 Å². The van der Waals surface area contributed by atoms with Crippen LogP contribution in [0.2, 0.25) is 0 Å². The maximum Gasteiger partial charge on any atom is 0.451 e. The lowest BCUT2D eigenvalue weighted by Gasteiger charge is -2.07. The van der Waals surface area contributed by atoms with E-state index >= 15 is 0 Å². The Kier molecular flexibility index (Phi) is 4.84. The van der Waals surface area contributed by atoms with Gasteiger partial charge in [-0.1, -0.05) is 17.7 Å².